The molecular weight excluding hydrogens is 693 g/mol. The van der Waals surface area contributed by atoms with Gasteiger partial charge in [0.25, 0.3) is 0 Å². The van der Waals surface area contributed by atoms with E-state index in [0.717, 1.165) is 45.3 Å². The Labute approximate surface area is 318 Å². The van der Waals surface area contributed by atoms with Gasteiger partial charge in [-0.2, -0.15) is 0 Å². The van der Waals surface area contributed by atoms with E-state index >= 15 is 0 Å². The molecule has 0 unspecified atom stereocenters. The number of benzene rings is 7. The fourth-order valence-corrected chi connectivity index (χ4v) is 8.78. The lowest BCUT2D eigenvalue weighted by atomic mass is 9.79. The maximum atomic E-state index is 14.1. The number of anilines is 6. The summed E-state index contributed by atoms with van der Waals surface area (Å²) in [5.41, 5.74) is 14.9. The third-order valence-corrected chi connectivity index (χ3v) is 11.6. The summed E-state index contributed by atoms with van der Waals surface area (Å²) in [6.07, 6.45) is 0. The van der Waals surface area contributed by atoms with Gasteiger partial charge in [0, 0.05) is 45.0 Å². The van der Waals surface area contributed by atoms with Crippen molar-refractivity contribution < 1.29 is 17.6 Å². The van der Waals surface area contributed by atoms with Gasteiger partial charge in [0.2, 0.25) is 0 Å². The van der Waals surface area contributed by atoms with E-state index < -0.39 is 0 Å². The highest BCUT2D eigenvalue weighted by Crippen LogP contribution is 2.58. The van der Waals surface area contributed by atoms with Crippen molar-refractivity contribution in [1.82, 2.24) is 0 Å². The van der Waals surface area contributed by atoms with E-state index in [1.54, 1.807) is 48.5 Å². The van der Waals surface area contributed by atoms with Gasteiger partial charge in [0.05, 0.1) is 0 Å². The Bertz CT molecular complexity index is 2530. The van der Waals surface area contributed by atoms with Gasteiger partial charge in [-0.05, 0) is 190 Å². The first-order valence-electron chi connectivity index (χ1n) is 18.4. The van der Waals surface area contributed by atoms with E-state index in [1.807, 2.05) is 9.80 Å². The SMILES string of the molecule is Cc1cc(N(c2ccc(F)cc2)c2ccc(F)cc2)cc2c1-c1cc3c(cc1C2(C)C)-c1ccc(N(c2ccc(F)cc2)c2ccc(F)cc2)cc1C3(C)C. The molecule has 7 aromatic carbocycles. The Morgan fingerprint density at radius 3 is 1.16 bits per heavy atom. The fraction of sp³-hybridized carbons (Fsp3) is 0.143. The largest absolute Gasteiger partial charge is 0.310 e. The lowest BCUT2D eigenvalue weighted by Gasteiger charge is -2.29. The first kappa shape index (κ1) is 34.6. The molecule has 0 aliphatic heterocycles. The molecule has 0 aromatic heterocycles. The first-order chi connectivity index (χ1) is 26.3. The third kappa shape index (κ3) is 5.53. The van der Waals surface area contributed by atoms with E-state index in [2.05, 4.69) is 77.1 Å². The first-order valence-corrected chi connectivity index (χ1v) is 18.4. The maximum absolute atomic E-state index is 14.1. The minimum atomic E-state index is -0.355. The van der Waals surface area contributed by atoms with E-state index in [1.165, 1.54) is 87.5 Å². The summed E-state index contributed by atoms with van der Waals surface area (Å²) >= 11 is 0. The van der Waals surface area contributed by atoms with Crippen molar-refractivity contribution >= 4 is 34.1 Å². The van der Waals surface area contributed by atoms with Crippen LogP contribution in [0.3, 0.4) is 0 Å². The molecule has 0 atom stereocenters. The molecule has 0 heterocycles. The van der Waals surface area contributed by atoms with Crippen LogP contribution in [0, 0.1) is 30.2 Å². The van der Waals surface area contributed by atoms with E-state index in [9.17, 15) is 17.6 Å². The molecule has 2 aliphatic rings. The molecule has 0 fully saturated rings. The number of rotatable bonds is 6. The molecule has 0 radical (unpaired) electrons. The Kier molecular flexibility index (Phi) is 7.84. The molecule has 0 saturated carbocycles. The number of nitrogens with zero attached hydrogens (tertiary/aromatic N) is 2. The van der Waals surface area contributed by atoms with Crippen LogP contribution >= 0.6 is 0 Å². The Morgan fingerprint density at radius 1 is 0.345 bits per heavy atom. The number of fused-ring (bicyclic) bond motifs is 6. The van der Waals surface area contributed by atoms with Gasteiger partial charge in [0.1, 0.15) is 23.3 Å². The molecule has 2 aliphatic carbocycles. The standard InChI is InChI=1S/C49H38F4N2/c1-29-24-39(55(36-18-10-32(52)11-19-36)37-20-12-33(53)13-21-37)26-46-47(29)42-28-44-41(27-45(42)49(46,4)5)40-23-22-38(25-43(40)48(44,2)3)54(34-14-6-30(50)7-15-34)35-16-8-31(51)9-17-35/h6-28H,1-5H3. The second-order valence-electron chi connectivity index (χ2n) is 15.7. The number of hydrogen-bond acceptors (Lipinski definition) is 2. The van der Waals surface area contributed by atoms with Crippen molar-refractivity contribution in [1.29, 1.82) is 0 Å². The fourth-order valence-electron chi connectivity index (χ4n) is 8.78. The van der Waals surface area contributed by atoms with E-state index in [4.69, 9.17) is 0 Å². The molecule has 0 amide bonds. The predicted molar refractivity (Wildman–Crippen MR) is 216 cm³/mol. The van der Waals surface area contributed by atoms with Crippen molar-refractivity contribution in [2.45, 2.75) is 45.4 Å². The summed E-state index contributed by atoms with van der Waals surface area (Å²) in [4.78, 5) is 4.07. The lowest BCUT2D eigenvalue weighted by Crippen LogP contribution is -2.18. The Morgan fingerprint density at radius 2 is 0.691 bits per heavy atom. The third-order valence-electron chi connectivity index (χ3n) is 11.6. The molecular formula is C49H38F4N2. The van der Waals surface area contributed by atoms with Crippen LogP contribution in [0.2, 0.25) is 0 Å². The zero-order chi connectivity index (χ0) is 38.4. The number of hydrogen-bond donors (Lipinski definition) is 0. The highest BCUT2D eigenvalue weighted by atomic mass is 19.1. The van der Waals surface area contributed by atoms with Gasteiger partial charge in [-0.15, -0.1) is 0 Å². The van der Waals surface area contributed by atoms with Crippen LogP contribution < -0.4 is 9.80 Å². The second kappa shape index (κ2) is 12.5. The quantitative estimate of drug-likeness (QED) is 0.157. The van der Waals surface area contributed by atoms with Crippen LogP contribution in [-0.2, 0) is 10.8 Å². The molecule has 0 saturated heterocycles. The van der Waals surface area contributed by atoms with Gasteiger partial charge in [-0.1, -0.05) is 33.8 Å². The van der Waals surface area contributed by atoms with Crippen molar-refractivity contribution in [2.75, 3.05) is 9.80 Å². The Balaban J connectivity index is 1.16. The minimum Gasteiger partial charge on any atom is -0.310 e. The van der Waals surface area contributed by atoms with Gasteiger partial charge in [-0.25, -0.2) is 17.6 Å². The molecule has 6 heteroatoms. The molecule has 55 heavy (non-hydrogen) atoms. The molecule has 9 rings (SSSR count). The summed E-state index contributed by atoms with van der Waals surface area (Å²) in [6.45, 7) is 11.2. The van der Waals surface area contributed by atoms with Crippen molar-refractivity contribution in [3.63, 3.8) is 0 Å². The van der Waals surface area contributed by atoms with Crippen molar-refractivity contribution in [3.05, 3.63) is 191 Å². The van der Waals surface area contributed by atoms with Crippen LogP contribution in [0.15, 0.2) is 140 Å². The Hall–Kier alpha value is -6.14. The molecule has 272 valence electrons. The topological polar surface area (TPSA) is 6.48 Å². The highest BCUT2D eigenvalue weighted by Gasteiger charge is 2.43. The van der Waals surface area contributed by atoms with Gasteiger partial charge in [-0.3, -0.25) is 0 Å². The van der Waals surface area contributed by atoms with Crippen molar-refractivity contribution in [3.8, 4) is 22.3 Å². The summed E-state index contributed by atoms with van der Waals surface area (Å²) in [6, 6.07) is 41.1. The summed E-state index contributed by atoms with van der Waals surface area (Å²) < 4.78 is 56.2. The molecule has 0 N–H and O–H groups in total. The van der Waals surface area contributed by atoms with E-state index in [0.29, 0.717) is 0 Å². The predicted octanol–water partition coefficient (Wildman–Crippen LogP) is 14.1. The smallest absolute Gasteiger partial charge is 0.123 e. The van der Waals surface area contributed by atoms with Gasteiger partial charge >= 0.3 is 0 Å². The molecule has 0 bridgehead atoms. The van der Waals surface area contributed by atoms with Crippen LogP contribution in [0.5, 0.6) is 0 Å². The van der Waals surface area contributed by atoms with E-state index in [-0.39, 0.29) is 34.1 Å². The van der Waals surface area contributed by atoms with Crippen molar-refractivity contribution in [2.24, 2.45) is 0 Å². The minimum absolute atomic E-state index is 0.323. The van der Waals surface area contributed by atoms with Crippen LogP contribution in [0.25, 0.3) is 22.3 Å². The normalized spacial score (nSPS) is 14.2. The second-order valence-corrected chi connectivity index (χ2v) is 15.7. The molecule has 2 nitrogen and oxygen atoms in total. The van der Waals surface area contributed by atoms with Crippen LogP contribution in [0.1, 0.15) is 55.5 Å². The van der Waals surface area contributed by atoms with Gasteiger partial charge < -0.3 is 9.80 Å². The summed E-state index contributed by atoms with van der Waals surface area (Å²) in [5, 5.41) is 0. The molecule has 0 spiro atoms. The van der Waals surface area contributed by atoms with Crippen LogP contribution in [-0.4, -0.2) is 0 Å². The number of halogens is 4. The summed E-state index contributed by atoms with van der Waals surface area (Å²) in [5.74, 6) is -1.29. The summed E-state index contributed by atoms with van der Waals surface area (Å²) in [7, 11) is 0. The zero-order valence-electron chi connectivity index (χ0n) is 31.2. The highest BCUT2D eigenvalue weighted by molar-refractivity contribution is 5.93. The molecule has 7 aromatic rings. The van der Waals surface area contributed by atoms with Gasteiger partial charge in [0.15, 0.2) is 0 Å². The van der Waals surface area contributed by atoms with Crippen LogP contribution in [0.4, 0.5) is 51.7 Å². The number of aryl methyl sites for hydroxylation is 1. The monoisotopic (exact) mass is 730 g/mol. The average Bonchev–Trinajstić information content (AvgIpc) is 3.53. The zero-order valence-corrected chi connectivity index (χ0v) is 31.2. The lowest BCUT2D eigenvalue weighted by molar-refractivity contribution is 0.627. The average molecular weight is 731 g/mol. The maximum Gasteiger partial charge on any atom is 0.123 e.